The van der Waals surface area contributed by atoms with E-state index in [-0.39, 0.29) is 26.8 Å². The van der Waals surface area contributed by atoms with Gasteiger partial charge in [0.1, 0.15) is 5.69 Å². The molecule has 3 N–H and O–H groups in total. The summed E-state index contributed by atoms with van der Waals surface area (Å²) in [6.07, 6.45) is -4.59. The van der Waals surface area contributed by atoms with Crippen LogP contribution in [0.5, 0.6) is 0 Å². The average Bonchev–Trinajstić information content (AvgIpc) is 2.26. The van der Waals surface area contributed by atoms with Gasteiger partial charge in [0.25, 0.3) is 0 Å². The van der Waals surface area contributed by atoms with E-state index in [1.807, 2.05) is 0 Å². The number of alkyl halides is 3. The summed E-state index contributed by atoms with van der Waals surface area (Å²) >= 11 is 11.7. The molecule has 0 spiro atoms. The Morgan fingerprint density at radius 1 is 1.26 bits per heavy atom. The molecule has 1 aromatic heterocycles. The lowest BCUT2D eigenvalue weighted by Crippen LogP contribution is -2.16. The molecule has 19 heavy (non-hydrogen) atoms. The van der Waals surface area contributed by atoms with Crippen molar-refractivity contribution in [1.82, 2.24) is 4.98 Å². The molecule has 0 bridgehead atoms. The molecular weight excluding hydrogens is 302 g/mol. The fourth-order valence-corrected chi connectivity index (χ4v) is 2.38. The van der Waals surface area contributed by atoms with Crippen molar-refractivity contribution in [2.45, 2.75) is 13.1 Å². The van der Waals surface area contributed by atoms with E-state index >= 15 is 0 Å². The van der Waals surface area contributed by atoms with E-state index in [2.05, 4.69) is 10.4 Å². The van der Waals surface area contributed by atoms with Crippen molar-refractivity contribution < 1.29 is 13.2 Å². The van der Waals surface area contributed by atoms with Crippen LogP contribution in [0.2, 0.25) is 10.0 Å². The van der Waals surface area contributed by atoms with Gasteiger partial charge in [-0.05, 0) is 19.1 Å². The first-order valence-electron chi connectivity index (χ1n) is 5.09. The maximum atomic E-state index is 12.9. The number of nitrogen functional groups attached to an aromatic ring is 1. The second kappa shape index (κ2) is 4.70. The van der Waals surface area contributed by atoms with Gasteiger partial charge in [0.2, 0.25) is 0 Å². The molecule has 2 aromatic rings. The Labute approximate surface area is 116 Å². The summed E-state index contributed by atoms with van der Waals surface area (Å²) in [6.45, 7) is 1.28. The van der Waals surface area contributed by atoms with E-state index in [1.165, 1.54) is 19.1 Å². The van der Waals surface area contributed by atoms with Crippen LogP contribution in [0.1, 0.15) is 11.3 Å². The van der Waals surface area contributed by atoms with Crippen LogP contribution in [0, 0.1) is 6.92 Å². The molecule has 0 aliphatic heterocycles. The van der Waals surface area contributed by atoms with Gasteiger partial charge < -0.3 is 5.43 Å². The molecule has 0 saturated carbocycles. The van der Waals surface area contributed by atoms with E-state index < -0.39 is 11.9 Å². The highest BCUT2D eigenvalue weighted by molar-refractivity contribution is 6.38. The Hall–Kier alpha value is -1.24. The van der Waals surface area contributed by atoms with Gasteiger partial charge in [-0.3, -0.25) is 5.84 Å². The predicted octanol–water partition coefficient (Wildman–Crippen LogP) is 4.15. The fourth-order valence-electron chi connectivity index (χ4n) is 1.85. The molecule has 0 saturated heterocycles. The van der Waals surface area contributed by atoms with Gasteiger partial charge in [0.05, 0.1) is 16.2 Å². The Morgan fingerprint density at radius 2 is 1.89 bits per heavy atom. The highest BCUT2D eigenvalue weighted by Crippen LogP contribution is 2.39. The summed E-state index contributed by atoms with van der Waals surface area (Å²) in [6, 6.07) is 2.78. The zero-order valence-electron chi connectivity index (χ0n) is 9.57. The maximum Gasteiger partial charge on any atom is 0.433 e. The molecule has 0 aliphatic rings. The van der Waals surface area contributed by atoms with E-state index in [4.69, 9.17) is 29.0 Å². The highest BCUT2D eigenvalue weighted by atomic mass is 35.5. The first kappa shape index (κ1) is 14.2. The van der Waals surface area contributed by atoms with Gasteiger partial charge in [0.15, 0.2) is 0 Å². The Morgan fingerprint density at radius 3 is 2.42 bits per heavy atom. The zero-order valence-corrected chi connectivity index (χ0v) is 11.1. The third kappa shape index (κ3) is 2.43. The van der Waals surface area contributed by atoms with Gasteiger partial charge in [-0.1, -0.05) is 23.2 Å². The summed E-state index contributed by atoms with van der Waals surface area (Å²) in [7, 11) is 0. The van der Waals surface area contributed by atoms with E-state index in [9.17, 15) is 13.2 Å². The van der Waals surface area contributed by atoms with Crippen LogP contribution in [0.25, 0.3) is 10.9 Å². The van der Waals surface area contributed by atoms with Crippen molar-refractivity contribution >= 4 is 39.8 Å². The number of hydrogen-bond acceptors (Lipinski definition) is 3. The average molecular weight is 310 g/mol. The number of fused-ring (bicyclic) bond motifs is 1. The molecule has 1 heterocycles. The van der Waals surface area contributed by atoms with Crippen molar-refractivity contribution in [3.05, 3.63) is 33.4 Å². The van der Waals surface area contributed by atoms with Crippen LogP contribution in [0.15, 0.2) is 12.1 Å². The van der Waals surface area contributed by atoms with Gasteiger partial charge in [-0.15, -0.1) is 0 Å². The summed E-state index contributed by atoms with van der Waals surface area (Å²) in [5.41, 5.74) is 1.20. The molecule has 8 heteroatoms. The number of benzene rings is 1. The predicted molar refractivity (Wildman–Crippen MR) is 69.3 cm³/mol. The van der Waals surface area contributed by atoms with E-state index in [1.54, 1.807) is 0 Å². The minimum atomic E-state index is -4.59. The summed E-state index contributed by atoms with van der Waals surface area (Å²) in [5, 5.41) is 0.657. The number of nitrogens with one attached hydrogen (secondary N) is 1. The molecule has 0 fully saturated rings. The van der Waals surface area contributed by atoms with Crippen LogP contribution in [0.3, 0.4) is 0 Å². The van der Waals surface area contributed by atoms with Crippen LogP contribution in [-0.4, -0.2) is 4.98 Å². The van der Waals surface area contributed by atoms with E-state index in [0.29, 0.717) is 5.39 Å². The van der Waals surface area contributed by atoms with Crippen LogP contribution in [-0.2, 0) is 6.18 Å². The molecule has 3 nitrogen and oxygen atoms in total. The molecule has 102 valence electrons. The normalized spacial score (nSPS) is 11.9. The fraction of sp³-hybridized carbons (Fsp3) is 0.182. The van der Waals surface area contributed by atoms with Gasteiger partial charge in [-0.2, -0.15) is 13.2 Å². The van der Waals surface area contributed by atoms with Crippen LogP contribution in [0.4, 0.5) is 18.9 Å². The number of nitrogens with two attached hydrogens (primary N) is 1. The number of hydrazine groups is 1. The minimum Gasteiger partial charge on any atom is -0.323 e. The molecule has 0 atom stereocenters. The van der Waals surface area contributed by atoms with Crippen molar-refractivity contribution in [2.24, 2.45) is 5.84 Å². The molecule has 0 radical (unpaired) electrons. The molecule has 1 aromatic carbocycles. The lowest BCUT2D eigenvalue weighted by Gasteiger charge is -2.16. The second-order valence-corrected chi connectivity index (χ2v) is 4.73. The highest BCUT2D eigenvalue weighted by Gasteiger charge is 2.36. The summed E-state index contributed by atoms with van der Waals surface area (Å²) < 4.78 is 38.7. The number of rotatable bonds is 1. The first-order valence-corrected chi connectivity index (χ1v) is 5.84. The number of nitrogens with zero attached hydrogens (tertiary/aromatic N) is 1. The third-order valence-corrected chi connectivity index (χ3v) is 3.17. The number of pyridine rings is 1. The molecular formula is C11H8Cl2F3N3. The lowest BCUT2D eigenvalue weighted by molar-refractivity contribution is -0.141. The SMILES string of the molecule is Cc1c(C(F)(F)F)nc2c(Cl)cc(Cl)cc2c1NN. The van der Waals surface area contributed by atoms with Crippen molar-refractivity contribution in [1.29, 1.82) is 0 Å². The quantitative estimate of drug-likeness (QED) is 0.614. The van der Waals surface area contributed by atoms with Gasteiger partial charge in [-0.25, -0.2) is 4.98 Å². The zero-order chi connectivity index (χ0) is 14.4. The second-order valence-electron chi connectivity index (χ2n) is 3.89. The summed E-state index contributed by atoms with van der Waals surface area (Å²) in [4.78, 5) is 3.58. The van der Waals surface area contributed by atoms with Crippen LogP contribution >= 0.6 is 23.2 Å². The Bertz CT molecular complexity index is 656. The number of hydrogen-bond donors (Lipinski definition) is 2. The molecule has 2 rings (SSSR count). The smallest absolute Gasteiger partial charge is 0.323 e. The maximum absolute atomic E-state index is 12.9. The standard InChI is InChI=1S/C11H8Cl2F3N3/c1-4-8(19-17)6-2-5(12)3-7(13)9(6)18-10(4)11(14,15)16/h2-3H,17H2,1H3,(H,18,19). The molecule has 0 unspecified atom stereocenters. The summed E-state index contributed by atoms with van der Waals surface area (Å²) in [5.74, 6) is 5.30. The van der Waals surface area contributed by atoms with Crippen molar-refractivity contribution in [3.63, 3.8) is 0 Å². The van der Waals surface area contributed by atoms with Crippen molar-refractivity contribution in [3.8, 4) is 0 Å². The lowest BCUT2D eigenvalue weighted by atomic mass is 10.1. The topological polar surface area (TPSA) is 50.9 Å². The Balaban J connectivity index is 2.95. The number of anilines is 1. The Kier molecular flexibility index (Phi) is 3.51. The van der Waals surface area contributed by atoms with Gasteiger partial charge >= 0.3 is 6.18 Å². The largest absolute Gasteiger partial charge is 0.433 e. The molecule has 0 aliphatic carbocycles. The van der Waals surface area contributed by atoms with Gasteiger partial charge in [0, 0.05) is 16.0 Å². The number of halogens is 5. The number of aromatic nitrogens is 1. The van der Waals surface area contributed by atoms with Crippen molar-refractivity contribution in [2.75, 3.05) is 5.43 Å². The first-order chi connectivity index (χ1) is 8.75. The van der Waals surface area contributed by atoms with Crippen LogP contribution < -0.4 is 11.3 Å². The minimum absolute atomic E-state index is 0.00283. The van der Waals surface area contributed by atoms with E-state index in [0.717, 1.165) is 0 Å². The third-order valence-electron chi connectivity index (χ3n) is 2.66. The molecule has 0 amide bonds. The monoisotopic (exact) mass is 309 g/mol.